The van der Waals surface area contributed by atoms with Crippen molar-refractivity contribution < 1.29 is 9.57 Å². The minimum atomic E-state index is 0.00569. The van der Waals surface area contributed by atoms with E-state index in [1.807, 2.05) is 31.3 Å². The van der Waals surface area contributed by atoms with E-state index in [0.29, 0.717) is 6.54 Å². The predicted molar refractivity (Wildman–Crippen MR) is 59.6 cm³/mol. The molecule has 0 aliphatic carbocycles. The van der Waals surface area contributed by atoms with Gasteiger partial charge in [0.15, 0.2) is 0 Å². The van der Waals surface area contributed by atoms with Crippen molar-refractivity contribution in [2.75, 3.05) is 27.8 Å². The summed E-state index contributed by atoms with van der Waals surface area (Å²) in [4.78, 5) is 5.15. The number of para-hydroxylation sites is 1. The number of nitrogens with zero attached hydrogens (tertiary/aromatic N) is 1. The van der Waals surface area contributed by atoms with Crippen molar-refractivity contribution in [2.24, 2.45) is 5.73 Å². The minimum absolute atomic E-state index is 0.00569. The average molecular weight is 210 g/mol. The molecule has 0 aliphatic heterocycles. The van der Waals surface area contributed by atoms with Crippen LogP contribution in [0.25, 0.3) is 0 Å². The van der Waals surface area contributed by atoms with Crippen LogP contribution >= 0.6 is 0 Å². The summed E-state index contributed by atoms with van der Waals surface area (Å²) in [6, 6.07) is 7.81. The lowest BCUT2D eigenvalue weighted by atomic mass is 10.1. The average Bonchev–Trinajstić information content (AvgIpc) is 2.30. The fourth-order valence-corrected chi connectivity index (χ4v) is 1.54. The molecule has 84 valence electrons. The molecule has 0 spiro atoms. The molecule has 0 aromatic heterocycles. The molecule has 0 radical (unpaired) electrons. The van der Waals surface area contributed by atoms with Crippen LogP contribution in [-0.4, -0.2) is 32.9 Å². The number of hydroxylamine groups is 2. The van der Waals surface area contributed by atoms with E-state index in [9.17, 15) is 0 Å². The quantitative estimate of drug-likeness (QED) is 0.742. The molecule has 2 N–H and O–H groups in total. The second kappa shape index (κ2) is 5.70. The summed E-state index contributed by atoms with van der Waals surface area (Å²) in [7, 11) is 5.13. The first-order valence-corrected chi connectivity index (χ1v) is 4.84. The number of nitrogens with two attached hydrogens (primary N) is 1. The van der Waals surface area contributed by atoms with Gasteiger partial charge in [-0.1, -0.05) is 18.2 Å². The van der Waals surface area contributed by atoms with E-state index in [-0.39, 0.29) is 6.04 Å². The number of benzene rings is 1. The Labute approximate surface area is 90.5 Å². The second-order valence-electron chi connectivity index (χ2n) is 3.22. The number of hydrogen-bond acceptors (Lipinski definition) is 4. The molecule has 1 rings (SSSR count). The third-order valence-corrected chi connectivity index (χ3v) is 2.45. The molecule has 4 nitrogen and oxygen atoms in total. The smallest absolute Gasteiger partial charge is 0.123 e. The molecule has 1 aromatic carbocycles. The molecule has 1 unspecified atom stereocenters. The first-order chi connectivity index (χ1) is 7.24. The standard InChI is InChI=1S/C11H18N2O2/c1-13(15-3)10(8-12)9-6-4-5-7-11(9)14-2/h4-7,10H,8,12H2,1-3H3. The van der Waals surface area contributed by atoms with E-state index in [1.165, 1.54) is 0 Å². The lowest BCUT2D eigenvalue weighted by Crippen LogP contribution is -2.30. The Morgan fingerprint density at radius 3 is 2.53 bits per heavy atom. The summed E-state index contributed by atoms with van der Waals surface area (Å²) in [6.45, 7) is 0.477. The van der Waals surface area contributed by atoms with Gasteiger partial charge in [0.05, 0.1) is 20.3 Å². The fraction of sp³-hybridized carbons (Fsp3) is 0.455. The van der Waals surface area contributed by atoms with Crippen molar-refractivity contribution in [3.05, 3.63) is 29.8 Å². The number of rotatable bonds is 5. The summed E-state index contributed by atoms with van der Waals surface area (Å²) in [5.74, 6) is 0.830. The zero-order valence-corrected chi connectivity index (χ0v) is 9.43. The van der Waals surface area contributed by atoms with Crippen molar-refractivity contribution >= 4 is 0 Å². The monoisotopic (exact) mass is 210 g/mol. The van der Waals surface area contributed by atoms with E-state index >= 15 is 0 Å². The molecule has 4 heteroatoms. The van der Waals surface area contributed by atoms with Crippen molar-refractivity contribution in [3.8, 4) is 5.75 Å². The van der Waals surface area contributed by atoms with Crippen molar-refractivity contribution in [2.45, 2.75) is 6.04 Å². The summed E-state index contributed by atoms with van der Waals surface area (Å²) in [5.41, 5.74) is 6.76. The van der Waals surface area contributed by atoms with Crippen molar-refractivity contribution in [1.82, 2.24) is 5.06 Å². The largest absolute Gasteiger partial charge is 0.496 e. The van der Waals surface area contributed by atoms with Crippen LogP contribution in [0.3, 0.4) is 0 Å². The van der Waals surface area contributed by atoms with Gasteiger partial charge in [-0.2, -0.15) is 5.06 Å². The Hall–Kier alpha value is -1.10. The molecular weight excluding hydrogens is 192 g/mol. The molecule has 15 heavy (non-hydrogen) atoms. The molecule has 0 saturated carbocycles. The zero-order chi connectivity index (χ0) is 11.3. The molecule has 0 bridgehead atoms. The molecule has 1 aromatic rings. The Morgan fingerprint density at radius 1 is 1.33 bits per heavy atom. The van der Waals surface area contributed by atoms with Crippen LogP contribution in [0.15, 0.2) is 24.3 Å². The SMILES string of the molecule is COc1ccccc1C(CN)N(C)OC. The maximum Gasteiger partial charge on any atom is 0.123 e. The van der Waals surface area contributed by atoms with Gasteiger partial charge in [-0.3, -0.25) is 0 Å². The van der Waals surface area contributed by atoms with Gasteiger partial charge in [0.1, 0.15) is 5.75 Å². The molecule has 0 aliphatic rings. The maximum absolute atomic E-state index is 5.73. The van der Waals surface area contributed by atoms with E-state index in [1.54, 1.807) is 19.3 Å². The lowest BCUT2D eigenvalue weighted by Gasteiger charge is -2.26. The van der Waals surface area contributed by atoms with Gasteiger partial charge in [-0.05, 0) is 6.07 Å². The summed E-state index contributed by atoms with van der Waals surface area (Å²) in [5, 5.41) is 1.72. The van der Waals surface area contributed by atoms with Gasteiger partial charge in [-0.15, -0.1) is 0 Å². The van der Waals surface area contributed by atoms with Crippen LogP contribution < -0.4 is 10.5 Å². The molecular formula is C11H18N2O2. The van der Waals surface area contributed by atoms with Gasteiger partial charge in [-0.25, -0.2) is 0 Å². The van der Waals surface area contributed by atoms with Crippen LogP contribution in [0.2, 0.25) is 0 Å². The highest BCUT2D eigenvalue weighted by Crippen LogP contribution is 2.27. The molecule has 0 amide bonds. The topological polar surface area (TPSA) is 47.7 Å². The first-order valence-electron chi connectivity index (χ1n) is 4.84. The Balaban J connectivity index is 3.00. The van der Waals surface area contributed by atoms with Crippen molar-refractivity contribution in [3.63, 3.8) is 0 Å². The van der Waals surface area contributed by atoms with Gasteiger partial charge < -0.3 is 15.3 Å². The number of likely N-dealkylation sites (N-methyl/N-ethyl adjacent to an activating group) is 1. The first kappa shape index (κ1) is 12.0. The highest BCUT2D eigenvalue weighted by Gasteiger charge is 2.18. The maximum atomic E-state index is 5.73. The van der Waals surface area contributed by atoms with Crippen molar-refractivity contribution in [1.29, 1.82) is 0 Å². The number of methoxy groups -OCH3 is 1. The summed E-state index contributed by atoms with van der Waals surface area (Å²) in [6.07, 6.45) is 0. The Bertz CT molecular complexity index is 304. The van der Waals surface area contributed by atoms with Crippen LogP contribution in [0.5, 0.6) is 5.75 Å². The lowest BCUT2D eigenvalue weighted by molar-refractivity contribution is -0.140. The van der Waals surface area contributed by atoms with E-state index in [2.05, 4.69) is 0 Å². The molecule has 0 saturated heterocycles. The molecule has 0 heterocycles. The van der Waals surface area contributed by atoms with E-state index in [4.69, 9.17) is 15.3 Å². The van der Waals surface area contributed by atoms with E-state index in [0.717, 1.165) is 11.3 Å². The van der Waals surface area contributed by atoms with Gasteiger partial charge in [0, 0.05) is 19.2 Å². The van der Waals surface area contributed by atoms with E-state index < -0.39 is 0 Å². The Morgan fingerprint density at radius 2 is 2.00 bits per heavy atom. The van der Waals surface area contributed by atoms with Gasteiger partial charge in [0.25, 0.3) is 0 Å². The molecule has 1 atom stereocenters. The third kappa shape index (κ3) is 2.68. The van der Waals surface area contributed by atoms with Gasteiger partial charge >= 0.3 is 0 Å². The summed E-state index contributed by atoms with van der Waals surface area (Å²) >= 11 is 0. The number of hydrogen-bond donors (Lipinski definition) is 1. The zero-order valence-electron chi connectivity index (χ0n) is 9.43. The third-order valence-electron chi connectivity index (χ3n) is 2.45. The highest BCUT2D eigenvalue weighted by molar-refractivity contribution is 5.35. The van der Waals surface area contributed by atoms with Crippen LogP contribution in [-0.2, 0) is 4.84 Å². The predicted octanol–water partition coefficient (Wildman–Crippen LogP) is 1.19. The minimum Gasteiger partial charge on any atom is -0.496 e. The van der Waals surface area contributed by atoms with Crippen LogP contribution in [0.1, 0.15) is 11.6 Å². The highest BCUT2D eigenvalue weighted by atomic mass is 16.7. The van der Waals surface area contributed by atoms with Crippen LogP contribution in [0, 0.1) is 0 Å². The Kier molecular flexibility index (Phi) is 4.55. The summed E-state index contributed by atoms with van der Waals surface area (Å²) < 4.78 is 5.29. The molecule has 0 fully saturated rings. The van der Waals surface area contributed by atoms with Crippen LogP contribution in [0.4, 0.5) is 0 Å². The number of ether oxygens (including phenoxy) is 1. The second-order valence-corrected chi connectivity index (χ2v) is 3.22. The fourth-order valence-electron chi connectivity index (χ4n) is 1.54. The van der Waals surface area contributed by atoms with Gasteiger partial charge in [0.2, 0.25) is 0 Å². The normalized spacial score (nSPS) is 12.9.